The molecule has 1 saturated carbocycles. The summed E-state index contributed by atoms with van der Waals surface area (Å²) in [5.74, 6) is 0.418. The van der Waals surface area contributed by atoms with E-state index in [0.717, 1.165) is 16.3 Å². The molecule has 5 nitrogen and oxygen atoms in total. The molecule has 0 aliphatic heterocycles. The van der Waals surface area contributed by atoms with Gasteiger partial charge >= 0.3 is 0 Å². The minimum atomic E-state index is -0.109. The minimum Gasteiger partial charge on any atom is -0.334 e. The van der Waals surface area contributed by atoms with Crippen molar-refractivity contribution in [2.75, 3.05) is 12.8 Å². The summed E-state index contributed by atoms with van der Waals surface area (Å²) in [5, 5.41) is 9.01. The standard InChI is InChI=1S/C21H22N4OS/c1-24(19(26)14-27-21-23-22-15-25(21)18-12-13-18)20(16-8-4-2-5-9-16)17-10-6-3-7-11-17/h2-11,15,18,20H,12-14H2,1H3. The lowest BCUT2D eigenvalue weighted by Gasteiger charge is -2.29. The quantitative estimate of drug-likeness (QED) is 0.584. The zero-order valence-electron chi connectivity index (χ0n) is 15.2. The van der Waals surface area contributed by atoms with Gasteiger partial charge in [0.2, 0.25) is 5.91 Å². The summed E-state index contributed by atoms with van der Waals surface area (Å²) in [6.45, 7) is 0. The van der Waals surface area contributed by atoms with Gasteiger partial charge in [-0.1, -0.05) is 72.4 Å². The third-order valence-corrected chi connectivity index (χ3v) is 5.76. The Hall–Kier alpha value is -2.60. The fraction of sp³-hybridized carbons (Fsp3) is 0.286. The van der Waals surface area contributed by atoms with Crippen molar-refractivity contribution in [1.29, 1.82) is 0 Å². The Morgan fingerprint density at radius 1 is 1.11 bits per heavy atom. The highest BCUT2D eigenvalue weighted by atomic mass is 32.2. The van der Waals surface area contributed by atoms with Crippen LogP contribution in [0.5, 0.6) is 0 Å². The number of hydrogen-bond acceptors (Lipinski definition) is 4. The lowest BCUT2D eigenvalue weighted by Crippen LogP contribution is -2.33. The maximum absolute atomic E-state index is 13.0. The van der Waals surface area contributed by atoms with E-state index in [2.05, 4.69) is 39.0 Å². The zero-order chi connectivity index (χ0) is 18.6. The Morgan fingerprint density at radius 2 is 1.70 bits per heavy atom. The summed E-state index contributed by atoms with van der Waals surface area (Å²) in [5.41, 5.74) is 2.20. The molecule has 1 aromatic heterocycles. The number of hydrogen-bond donors (Lipinski definition) is 0. The molecular formula is C21H22N4OS. The average Bonchev–Trinajstić information content (AvgIpc) is 3.45. The van der Waals surface area contributed by atoms with Crippen LogP contribution in [0.4, 0.5) is 0 Å². The zero-order valence-corrected chi connectivity index (χ0v) is 16.0. The van der Waals surface area contributed by atoms with Crippen molar-refractivity contribution >= 4 is 17.7 Å². The number of aromatic nitrogens is 3. The van der Waals surface area contributed by atoms with E-state index in [1.54, 1.807) is 6.33 Å². The molecule has 0 radical (unpaired) electrons. The summed E-state index contributed by atoms with van der Waals surface area (Å²) in [4.78, 5) is 14.8. The summed E-state index contributed by atoms with van der Waals surface area (Å²) in [6.07, 6.45) is 4.11. The van der Waals surface area contributed by atoms with E-state index in [4.69, 9.17) is 0 Å². The van der Waals surface area contributed by atoms with Crippen molar-refractivity contribution < 1.29 is 4.79 Å². The molecule has 138 valence electrons. The molecular weight excluding hydrogens is 356 g/mol. The lowest BCUT2D eigenvalue weighted by atomic mass is 9.97. The van der Waals surface area contributed by atoms with E-state index >= 15 is 0 Å². The molecule has 2 aromatic carbocycles. The van der Waals surface area contributed by atoms with Gasteiger partial charge < -0.3 is 9.47 Å². The second-order valence-electron chi connectivity index (χ2n) is 6.77. The highest BCUT2D eigenvalue weighted by Crippen LogP contribution is 2.37. The number of amides is 1. The molecule has 27 heavy (non-hydrogen) atoms. The monoisotopic (exact) mass is 378 g/mol. The molecule has 0 spiro atoms. The minimum absolute atomic E-state index is 0.0723. The van der Waals surface area contributed by atoms with Crippen molar-refractivity contribution in [3.05, 3.63) is 78.1 Å². The Kier molecular flexibility index (Phi) is 5.25. The molecule has 0 bridgehead atoms. The maximum atomic E-state index is 13.0. The molecule has 1 amide bonds. The Bertz CT molecular complexity index is 853. The molecule has 0 saturated heterocycles. The molecule has 0 unspecified atom stereocenters. The van der Waals surface area contributed by atoms with Crippen LogP contribution in [0.2, 0.25) is 0 Å². The van der Waals surface area contributed by atoms with Crippen LogP contribution < -0.4 is 0 Å². The molecule has 1 heterocycles. The molecule has 6 heteroatoms. The Morgan fingerprint density at radius 3 is 2.26 bits per heavy atom. The van der Waals surface area contributed by atoms with E-state index in [9.17, 15) is 4.79 Å². The van der Waals surface area contributed by atoms with Crippen LogP contribution in [0.3, 0.4) is 0 Å². The predicted octanol–water partition coefficient (Wildman–Crippen LogP) is 3.95. The number of benzene rings is 2. The first-order valence-electron chi connectivity index (χ1n) is 9.12. The fourth-order valence-electron chi connectivity index (χ4n) is 3.22. The van der Waals surface area contributed by atoms with E-state index in [1.165, 1.54) is 24.6 Å². The third kappa shape index (κ3) is 4.06. The summed E-state index contributed by atoms with van der Waals surface area (Å²) in [7, 11) is 1.87. The second kappa shape index (κ2) is 7.96. The van der Waals surface area contributed by atoms with Crippen molar-refractivity contribution in [2.45, 2.75) is 30.1 Å². The number of carbonyl (C=O) groups excluding carboxylic acids is 1. The molecule has 1 fully saturated rings. The van der Waals surface area contributed by atoms with Crippen LogP contribution in [0.1, 0.15) is 36.1 Å². The van der Waals surface area contributed by atoms with Crippen LogP contribution in [-0.4, -0.2) is 38.4 Å². The van der Waals surface area contributed by atoms with Gasteiger partial charge in [0.15, 0.2) is 5.16 Å². The van der Waals surface area contributed by atoms with Crippen LogP contribution in [0.25, 0.3) is 0 Å². The maximum Gasteiger partial charge on any atom is 0.233 e. The molecule has 1 aliphatic rings. The van der Waals surface area contributed by atoms with E-state index < -0.39 is 0 Å². The van der Waals surface area contributed by atoms with Gasteiger partial charge in [0, 0.05) is 13.1 Å². The summed E-state index contributed by atoms with van der Waals surface area (Å²) >= 11 is 1.46. The van der Waals surface area contributed by atoms with Crippen molar-refractivity contribution in [2.24, 2.45) is 0 Å². The fourth-order valence-corrected chi connectivity index (χ4v) is 4.13. The topological polar surface area (TPSA) is 51.0 Å². The van der Waals surface area contributed by atoms with Gasteiger partial charge in [0.1, 0.15) is 6.33 Å². The molecule has 0 N–H and O–H groups in total. The summed E-state index contributed by atoms with van der Waals surface area (Å²) < 4.78 is 2.09. The smallest absolute Gasteiger partial charge is 0.233 e. The highest BCUT2D eigenvalue weighted by Gasteiger charge is 2.27. The van der Waals surface area contributed by atoms with Gasteiger partial charge in [-0.25, -0.2) is 0 Å². The average molecular weight is 379 g/mol. The lowest BCUT2D eigenvalue weighted by molar-refractivity contribution is -0.128. The van der Waals surface area contributed by atoms with Crippen molar-refractivity contribution in [3.8, 4) is 0 Å². The largest absolute Gasteiger partial charge is 0.334 e. The van der Waals surface area contributed by atoms with Crippen LogP contribution in [0.15, 0.2) is 72.1 Å². The first-order chi connectivity index (χ1) is 13.2. The van der Waals surface area contributed by atoms with Gasteiger partial charge in [-0.05, 0) is 24.0 Å². The summed E-state index contributed by atoms with van der Waals surface area (Å²) in [6, 6.07) is 20.7. The van der Waals surface area contributed by atoms with Crippen molar-refractivity contribution in [1.82, 2.24) is 19.7 Å². The number of nitrogens with zero attached hydrogens (tertiary/aromatic N) is 4. The first-order valence-corrected chi connectivity index (χ1v) is 10.1. The third-order valence-electron chi connectivity index (χ3n) is 4.82. The van der Waals surface area contributed by atoms with Gasteiger partial charge in [-0.3, -0.25) is 4.79 Å². The van der Waals surface area contributed by atoms with Crippen LogP contribution in [-0.2, 0) is 4.79 Å². The Balaban J connectivity index is 1.51. The van der Waals surface area contributed by atoms with Gasteiger partial charge in [-0.15, -0.1) is 10.2 Å². The SMILES string of the molecule is CN(C(=O)CSc1nncn1C1CC1)C(c1ccccc1)c1ccccc1. The first kappa shape index (κ1) is 17.8. The number of thioether (sulfide) groups is 1. The highest BCUT2D eigenvalue weighted by molar-refractivity contribution is 7.99. The molecule has 4 rings (SSSR count). The predicted molar refractivity (Wildman–Crippen MR) is 107 cm³/mol. The van der Waals surface area contributed by atoms with Crippen LogP contribution in [0, 0.1) is 0 Å². The van der Waals surface area contributed by atoms with Gasteiger partial charge in [-0.2, -0.15) is 0 Å². The van der Waals surface area contributed by atoms with E-state index in [1.807, 2.05) is 48.3 Å². The second-order valence-corrected chi connectivity index (χ2v) is 7.71. The van der Waals surface area contributed by atoms with Crippen LogP contribution >= 0.6 is 11.8 Å². The molecule has 1 aliphatic carbocycles. The Labute approximate surface area is 163 Å². The normalized spacial score (nSPS) is 13.7. The van der Waals surface area contributed by atoms with Crippen molar-refractivity contribution in [3.63, 3.8) is 0 Å². The van der Waals surface area contributed by atoms with Gasteiger partial charge in [0.05, 0.1) is 11.8 Å². The van der Waals surface area contributed by atoms with E-state index in [0.29, 0.717) is 11.8 Å². The molecule has 3 aromatic rings. The van der Waals surface area contributed by atoms with E-state index in [-0.39, 0.29) is 11.9 Å². The molecule has 0 atom stereocenters. The number of rotatable bonds is 7. The van der Waals surface area contributed by atoms with Gasteiger partial charge in [0.25, 0.3) is 0 Å². The number of carbonyl (C=O) groups is 1.